The molecule has 0 atom stereocenters. The van der Waals surface area contributed by atoms with E-state index in [-0.39, 0.29) is 12.2 Å². The molecule has 82 valence electrons. The van der Waals surface area contributed by atoms with Crippen molar-refractivity contribution in [3.8, 4) is 0 Å². The Kier molecular flexibility index (Phi) is 4.55. The number of benzene rings is 1. The molecular weight excluding hydrogens is 265 g/mol. The molecule has 0 aliphatic carbocycles. The number of carboxylic acids is 1. The number of carbonyl (C=O) groups is 1. The van der Waals surface area contributed by atoms with Gasteiger partial charge in [0.2, 0.25) is 0 Å². The van der Waals surface area contributed by atoms with Crippen LogP contribution >= 0.6 is 15.9 Å². The van der Waals surface area contributed by atoms with Crippen molar-refractivity contribution in [3.63, 3.8) is 0 Å². The Balaban J connectivity index is 2.43. The van der Waals surface area contributed by atoms with Crippen LogP contribution in [0.25, 0.3) is 0 Å². The van der Waals surface area contributed by atoms with Crippen molar-refractivity contribution in [1.29, 1.82) is 0 Å². The van der Waals surface area contributed by atoms with Crippen molar-refractivity contribution in [3.05, 3.63) is 28.5 Å². The van der Waals surface area contributed by atoms with Crippen LogP contribution in [0.2, 0.25) is 0 Å². The molecule has 0 spiro atoms. The first kappa shape index (κ1) is 12.0. The predicted octanol–water partition coefficient (Wildman–Crippen LogP) is 2.86. The molecule has 0 aliphatic rings. The van der Waals surface area contributed by atoms with Crippen molar-refractivity contribution < 1.29 is 14.3 Å². The molecule has 2 N–H and O–H groups in total. The third-order valence-corrected chi connectivity index (χ3v) is 2.50. The molecule has 0 unspecified atom stereocenters. The first-order chi connectivity index (χ1) is 7.09. The number of rotatable bonds is 5. The van der Waals surface area contributed by atoms with Gasteiger partial charge < -0.3 is 10.4 Å². The highest BCUT2D eigenvalue weighted by atomic mass is 79.9. The Morgan fingerprint density at radius 3 is 2.93 bits per heavy atom. The van der Waals surface area contributed by atoms with Gasteiger partial charge in [-0.05, 0) is 40.5 Å². The molecule has 0 aliphatic heterocycles. The highest BCUT2D eigenvalue weighted by molar-refractivity contribution is 9.10. The Bertz CT molecular complexity index is 357. The molecule has 15 heavy (non-hydrogen) atoms. The van der Waals surface area contributed by atoms with Crippen LogP contribution in [0.3, 0.4) is 0 Å². The van der Waals surface area contributed by atoms with E-state index in [4.69, 9.17) is 5.11 Å². The lowest BCUT2D eigenvalue weighted by Gasteiger charge is -2.07. The minimum atomic E-state index is -0.824. The summed E-state index contributed by atoms with van der Waals surface area (Å²) in [6.07, 6.45) is 0.623. The maximum Gasteiger partial charge on any atom is 0.303 e. The summed E-state index contributed by atoms with van der Waals surface area (Å²) in [5.41, 5.74) is 0.639. The second-order valence-electron chi connectivity index (χ2n) is 3.05. The summed E-state index contributed by atoms with van der Waals surface area (Å²) >= 11 is 3.27. The molecule has 1 aromatic rings. The molecule has 0 radical (unpaired) electrons. The smallest absolute Gasteiger partial charge is 0.303 e. The summed E-state index contributed by atoms with van der Waals surface area (Å²) in [5.74, 6) is -1.14. The Morgan fingerprint density at radius 2 is 2.27 bits per heavy atom. The second-order valence-corrected chi connectivity index (χ2v) is 3.90. The quantitative estimate of drug-likeness (QED) is 0.813. The van der Waals surface area contributed by atoms with Crippen molar-refractivity contribution in [2.75, 3.05) is 11.9 Å². The van der Waals surface area contributed by atoms with E-state index in [2.05, 4.69) is 21.2 Å². The van der Waals surface area contributed by atoms with Gasteiger partial charge >= 0.3 is 5.97 Å². The number of anilines is 1. The SMILES string of the molecule is O=C(O)CCCNc1cc(F)ccc1Br. The van der Waals surface area contributed by atoms with Crippen molar-refractivity contribution in [2.24, 2.45) is 0 Å². The van der Waals surface area contributed by atoms with Crippen LogP contribution in [-0.4, -0.2) is 17.6 Å². The van der Waals surface area contributed by atoms with Gasteiger partial charge in [-0.15, -0.1) is 0 Å². The maximum absolute atomic E-state index is 12.8. The molecule has 0 saturated heterocycles. The van der Waals surface area contributed by atoms with Crippen LogP contribution in [0.15, 0.2) is 22.7 Å². The zero-order chi connectivity index (χ0) is 11.3. The lowest BCUT2D eigenvalue weighted by molar-refractivity contribution is -0.137. The van der Waals surface area contributed by atoms with Crippen molar-refractivity contribution >= 4 is 27.6 Å². The zero-order valence-corrected chi connectivity index (χ0v) is 9.55. The van der Waals surface area contributed by atoms with Gasteiger partial charge in [-0.2, -0.15) is 0 Å². The van der Waals surface area contributed by atoms with Crippen LogP contribution in [0.4, 0.5) is 10.1 Å². The molecule has 0 amide bonds. The molecule has 0 heterocycles. The van der Waals surface area contributed by atoms with Gasteiger partial charge in [-0.1, -0.05) is 0 Å². The molecule has 0 fully saturated rings. The Labute approximate surface area is 95.4 Å². The van der Waals surface area contributed by atoms with Gasteiger partial charge in [0.1, 0.15) is 5.82 Å². The van der Waals surface area contributed by atoms with Gasteiger partial charge in [-0.25, -0.2) is 4.39 Å². The molecular formula is C10H11BrFNO2. The molecule has 5 heteroatoms. The van der Waals surface area contributed by atoms with Crippen LogP contribution in [0, 0.1) is 5.82 Å². The number of aliphatic carboxylic acids is 1. The monoisotopic (exact) mass is 275 g/mol. The normalized spacial score (nSPS) is 10.0. The molecule has 1 aromatic carbocycles. The summed E-state index contributed by atoms with van der Waals surface area (Å²) in [4.78, 5) is 10.2. The average molecular weight is 276 g/mol. The second kappa shape index (κ2) is 5.70. The fourth-order valence-electron chi connectivity index (χ4n) is 1.10. The van der Waals surface area contributed by atoms with Crippen molar-refractivity contribution in [1.82, 2.24) is 0 Å². The summed E-state index contributed by atoms with van der Waals surface area (Å²) in [5, 5.41) is 11.4. The van der Waals surface area contributed by atoms with E-state index >= 15 is 0 Å². The molecule has 0 saturated carbocycles. The topological polar surface area (TPSA) is 49.3 Å². The van der Waals surface area contributed by atoms with E-state index in [0.717, 1.165) is 4.47 Å². The Hall–Kier alpha value is -1.10. The number of halogens is 2. The fourth-order valence-corrected chi connectivity index (χ4v) is 1.48. The van der Waals surface area contributed by atoms with Gasteiger partial charge in [0.15, 0.2) is 0 Å². The van der Waals surface area contributed by atoms with Gasteiger partial charge in [0.25, 0.3) is 0 Å². The summed E-state index contributed by atoms with van der Waals surface area (Å²) < 4.78 is 13.6. The van der Waals surface area contributed by atoms with E-state index in [1.54, 1.807) is 6.07 Å². The highest BCUT2D eigenvalue weighted by Crippen LogP contribution is 2.22. The summed E-state index contributed by atoms with van der Waals surface area (Å²) in [6, 6.07) is 4.33. The third kappa shape index (κ3) is 4.29. The molecule has 3 nitrogen and oxygen atoms in total. The Morgan fingerprint density at radius 1 is 1.53 bits per heavy atom. The lowest BCUT2D eigenvalue weighted by Crippen LogP contribution is -2.05. The van der Waals surface area contributed by atoms with Gasteiger partial charge in [-0.3, -0.25) is 4.79 Å². The lowest BCUT2D eigenvalue weighted by atomic mass is 10.3. The van der Waals surface area contributed by atoms with Crippen LogP contribution in [0.5, 0.6) is 0 Å². The standard InChI is InChI=1S/C10H11BrFNO2/c11-8-4-3-7(12)6-9(8)13-5-1-2-10(14)15/h3-4,6,13H,1-2,5H2,(H,14,15). The minimum Gasteiger partial charge on any atom is -0.481 e. The van der Waals surface area contributed by atoms with E-state index in [0.29, 0.717) is 18.7 Å². The van der Waals surface area contributed by atoms with E-state index < -0.39 is 5.97 Å². The van der Waals surface area contributed by atoms with Gasteiger partial charge in [0, 0.05) is 17.4 Å². The summed E-state index contributed by atoms with van der Waals surface area (Å²) in [6.45, 7) is 0.508. The molecule has 0 aromatic heterocycles. The third-order valence-electron chi connectivity index (χ3n) is 1.81. The van der Waals surface area contributed by atoms with Crippen LogP contribution < -0.4 is 5.32 Å². The molecule has 0 bridgehead atoms. The first-order valence-electron chi connectivity index (χ1n) is 4.50. The number of carboxylic acid groups (broad SMARTS) is 1. The van der Waals surface area contributed by atoms with Crippen LogP contribution in [-0.2, 0) is 4.79 Å². The summed E-state index contributed by atoms with van der Waals surface area (Å²) in [7, 11) is 0. The maximum atomic E-state index is 12.8. The number of hydrogen-bond donors (Lipinski definition) is 2. The molecule has 1 rings (SSSR count). The average Bonchev–Trinajstić information content (AvgIpc) is 2.17. The van der Waals surface area contributed by atoms with Crippen LogP contribution in [0.1, 0.15) is 12.8 Å². The number of hydrogen-bond acceptors (Lipinski definition) is 2. The van der Waals surface area contributed by atoms with E-state index in [9.17, 15) is 9.18 Å². The largest absolute Gasteiger partial charge is 0.481 e. The predicted molar refractivity (Wildman–Crippen MR) is 59.5 cm³/mol. The van der Waals surface area contributed by atoms with E-state index in [1.165, 1.54) is 12.1 Å². The first-order valence-corrected chi connectivity index (χ1v) is 5.29. The minimum absolute atomic E-state index is 0.111. The fraction of sp³-hybridized carbons (Fsp3) is 0.300. The van der Waals surface area contributed by atoms with Gasteiger partial charge in [0.05, 0.1) is 5.69 Å². The highest BCUT2D eigenvalue weighted by Gasteiger charge is 2.01. The zero-order valence-electron chi connectivity index (χ0n) is 7.96. The number of nitrogens with one attached hydrogen (secondary N) is 1. The van der Waals surface area contributed by atoms with E-state index in [1.807, 2.05) is 0 Å². The van der Waals surface area contributed by atoms with Crippen molar-refractivity contribution in [2.45, 2.75) is 12.8 Å².